The fourth-order valence-electron chi connectivity index (χ4n) is 7.15. The van der Waals surface area contributed by atoms with E-state index in [0.29, 0.717) is 33.5 Å². The molecule has 0 saturated heterocycles. The Kier molecular flexibility index (Phi) is 7.50. The maximum atomic E-state index is 11.5. The summed E-state index contributed by atoms with van der Waals surface area (Å²) in [4.78, 5) is 9.71. The Bertz CT molecular complexity index is 3470. The molecule has 0 amide bonds. The van der Waals surface area contributed by atoms with Crippen LogP contribution in [0.4, 0.5) is 0 Å². The molecule has 8 rings (SSSR count). The molecular weight excluding hydrogens is 914 g/mol. The van der Waals surface area contributed by atoms with Crippen molar-refractivity contribution in [3.05, 3.63) is 168 Å². The third-order valence-corrected chi connectivity index (χ3v) is 11.0. The summed E-state index contributed by atoms with van der Waals surface area (Å²) < 4.78 is 131. The van der Waals surface area contributed by atoms with Crippen LogP contribution >= 0.6 is 0 Å². The summed E-state index contributed by atoms with van der Waals surface area (Å²) in [6, 6.07) is 32.6. The van der Waals surface area contributed by atoms with E-state index in [1.54, 1.807) is 24.3 Å². The van der Waals surface area contributed by atoms with Crippen molar-refractivity contribution in [2.24, 2.45) is 0 Å². The summed E-state index contributed by atoms with van der Waals surface area (Å²) in [5, 5.41) is 11.5. The molecule has 5 heteroatoms. The number of phenolic OH excluding ortho intramolecular Hbond substituents is 1. The van der Waals surface area contributed by atoms with Gasteiger partial charge in [-0.05, 0) is 86.9 Å². The molecule has 1 N–H and O–H groups in total. The van der Waals surface area contributed by atoms with Crippen LogP contribution in [-0.4, -0.2) is 19.6 Å². The van der Waals surface area contributed by atoms with Crippen molar-refractivity contribution in [3.8, 4) is 67.5 Å². The number of benzene rings is 6. The van der Waals surface area contributed by atoms with E-state index < -0.39 is 84.5 Å². The second-order valence-electron chi connectivity index (χ2n) is 16.5. The van der Waals surface area contributed by atoms with Crippen LogP contribution in [0.15, 0.2) is 146 Å². The Morgan fingerprint density at radius 1 is 0.667 bits per heavy atom. The number of pyridine rings is 1. The molecule has 4 nitrogen and oxygen atoms in total. The Hall–Kier alpha value is -5.57. The maximum absolute atomic E-state index is 11.5. The monoisotopic (exact) mass is 982 g/mol. The number of imidazole rings is 1. The van der Waals surface area contributed by atoms with E-state index in [9.17, 15) is 6.48 Å². The topological polar surface area (TPSA) is 50.9 Å². The van der Waals surface area contributed by atoms with Crippen LogP contribution in [0.3, 0.4) is 0 Å². The number of hydrogen-bond donors (Lipinski definition) is 1. The number of aromatic hydroxyl groups is 1. The molecule has 0 fully saturated rings. The van der Waals surface area contributed by atoms with Crippen molar-refractivity contribution in [1.29, 1.82) is 0 Å². The largest absolute Gasteiger partial charge is 0.507 e. The van der Waals surface area contributed by atoms with Gasteiger partial charge in [-0.15, -0.1) is 29.3 Å². The predicted octanol–water partition coefficient (Wildman–Crippen LogP) is 14.5. The molecule has 0 spiro atoms. The Morgan fingerprint density at radius 2 is 1.40 bits per heavy atom. The maximum Gasteiger partial charge on any atom is 0.148 e. The molecule has 0 radical (unpaired) electrons. The molecule has 0 aliphatic rings. The van der Waals surface area contributed by atoms with E-state index >= 15 is 0 Å². The minimum Gasteiger partial charge on any atom is -0.507 e. The number of rotatable bonds is 8. The van der Waals surface area contributed by atoms with Gasteiger partial charge in [0.15, 0.2) is 0 Å². The Morgan fingerprint density at radius 3 is 2.13 bits per heavy atom. The van der Waals surface area contributed by atoms with Gasteiger partial charge in [-0.25, -0.2) is 4.98 Å². The van der Waals surface area contributed by atoms with Gasteiger partial charge in [-0.3, -0.25) is 9.55 Å². The number of phenols is 1. The van der Waals surface area contributed by atoms with Gasteiger partial charge in [0.1, 0.15) is 11.6 Å². The molecule has 8 aromatic rings. The molecule has 306 valence electrons. The van der Waals surface area contributed by atoms with Crippen LogP contribution in [-0.2, 0) is 37.3 Å². The Labute approximate surface area is 391 Å². The first-order chi connectivity index (χ1) is 34.4. The molecule has 0 atom stereocenters. The molecule has 6 aromatic carbocycles. The number of hydrogen-bond acceptors (Lipinski definition) is 3. The zero-order valence-electron chi connectivity index (χ0n) is 49.2. The van der Waals surface area contributed by atoms with Crippen LogP contribution in [0.2, 0.25) is 0 Å². The van der Waals surface area contributed by atoms with Gasteiger partial charge in [0.25, 0.3) is 0 Å². The number of aromatic nitrogens is 3. The molecule has 2 aromatic heterocycles. The number of para-hydroxylation sites is 2. The standard InChI is InChI=1S/C55H54N3O.Pt/c1-10-55(8,9)42-27-28-48(46(35-42)37-17-12-11-13-18-37)58-49-21-16-20-44(51(49)57-52(58)45-19-14-15-22-50(45)59)39-31-40(33-43(32-39)54(5,6)7)47-34-38(29-30-56-47)36-23-25-41(26-24-36)53(2,3)4;/h11-30,32-35,59H,10H2,1-9H3;/q-1;/i2D3,3D3,4D3,23D,25D,26D,29D,30D,34D;. The van der Waals surface area contributed by atoms with Gasteiger partial charge in [0.05, 0.1) is 30.5 Å². The van der Waals surface area contributed by atoms with Crippen LogP contribution in [0.25, 0.3) is 72.7 Å². The van der Waals surface area contributed by atoms with E-state index in [0.717, 1.165) is 40.4 Å². The van der Waals surface area contributed by atoms with Gasteiger partial charge in [-0.1, -0.05) is 164 Å². The van der Waals surface area contributed by atoms with E-state index in [-0.39, 0.29) is 43.5 Å². The summed E-state index contributed by atoms with van der Waals surface area (Å²) >= 11 is 0. The summed E-state index contributed by atoms with van der Waals surface area (Å²) in [5.74, 6) is 0.468. The van der Waals surface area contributed by atoms with Gasteiger partial charge in [0.2, 0.25) is 0 Å². The molecule has 0 aliphatic heterocycles. The summed E-state index contributed by atoms with van der Waals surface area (Å²) in [6.07, 6.45) is 0.234. The third-order valence-electron chi connectivity index (χ3n) is 11.0. The molecule has 0 saturated carbocycles. The molecule has 60 heavy (non-hydrogen) atoms. The molecular formula is C55H54N3OPt-. The van der Waals surface area contributed by atoms with Crippen LogP contribution in [0.5, 0.6) is 5.75 Å². The van der Waals surface area contributed by atoms with E-state index in [2.05, 4.69) is 62.2 Å². The van der Waals surface area contributed by atoms with E-state index in [1.165, 1.54) is 0 Å². The van der Waals surface area contributed by atoms with Crippen LogP contribution in [0.1, 0.15) is 106 Å². The Balaban J connectivity index is 0.00000820. The van der Waals surface area contributed by atoms with Gasteiger partial charge in [-0.2, -0.15) is 0 Å². The molecule has 0 aliphatic carbocycles. The first-order valence-electron chi connectivity index (χ1n) is 27.1. The zero-order chi connectivity index (χ0) is 54.4. The van der Waals surface area contributed by atoms with Gasteiger partial charge < -0.3 is 5.11 Å². The van der Waals surface area contributed by atoms with Crippen LogP contribution in [0, 0.1) is 6.07 Å². The molecule has 0 unspecified atom stereocenters. The van der Waals surface area contributed by atoms with Crippen molar-refractivity contribution in [1.82, 2.24) is 14.5 Å². The number of nitrogens with zero attached hydrogens (tertiary/aromatic N) is 3. The third kappa shape index (κ3) is 8.28. The summed E-state index contributed by atoms with van der Waals surface area (Å²) in [5.41, 5.74) is 0.800. The summed E-state index contributed by atoms with van der Waals surface area (Å²) in [7, 11) is 0. The van der Waals surface area contributed by atoms with Crippen molar-refractivity contribution in [2.45, 2.75) is 84.8 Å². The van der Waals surface area contributed by atoms with E-state index in [1.807, 2.05) is 73.9 Å². The first-order valence-corrected chi connectivity index (χ1v) is 19.6. The summed E-state index contributed by atoms with van der Waals surface area (Å²) in [6.45, 7) is 1.03. The minimum absolute atomic E-state index is 0. The minimum atomic E-state index is -3.83. The fourth-order valence-corrected chi connectivity index (χ4v) is 7.15. The quantitative estimate of drug-likeness (QED) is 0.154. The average molecular weight is 983 g/mol. The fraction of sp³-hybridized carbons (Fsp3) is 0.236. The van der Waals surface area contributed by atoms with Crippen molar-refractivity contribution in [3.63, 3.8) is 0 Å². The average Bonchev–Trinajstić information content (AvgIpc) is 3.71. The van der Waals surface area contributed by atoms with Gasteiger partial charge >= 0.3 is 0 Å². The first kappa shape index (κ1) is 27.3. The normalized spacial score (nSPS) is 16.3. The van der Waals surface area contributed by atoms with Gasteiger partial charge in [0, 0.05) is 50.8 Å². The second kappa shape index (κ2) is 16.5. The predicted molar refractivity (Wildman–Crippen MR) is 247 cm³/mol. The van der Waals surface area contributed by atoms with Crippen LogP contribution < -0.4 is 0 Å². The second-order valence-corrected chi connectivity index (χ2v) is 16.5. The zero-order valence-corrected chi connectivity index (χ0v) is 36.5. The van der Waals surface area contributed by atoms with E-state index in [4.69, 9.17) is 24.2 Å². The van der Waals surface area contributed by atoms with Crippen molar-refractivity contribution < 1.29 is 46.7 Å². The SMILES string of the molecule is [2H]c1cc(-c2c([2H])c([2H])nc(-c3[c-]c(-c4cccc5c4nc(-c4ccccc4O)n5-c4ccc(C(C)(C)CC)cc4-c4ccccc4)cc(C(C)(C)C)c3)c2[2H])c([2H])c([2H])c1C(C([2H])([2H])[2H])(C([2H])([2H])[2H])C([2H])([2H])[2H].[Pt]. The smallest absolute Gasteiger partial charge is 0.148 e. The van der Waals surface area contributed by atoms with Crippen molar-refractivity contribution in [2.75, 3.05) is 0 Å². The molecule has 0 bridgehead atoms. The number of fused-ring (bicyclic) bond motifs is 1. The van der Waals surface area contributed by atoms with Crippen molar-refractivity contribution >= 4 is 11.0 Å². The molecule has 2 heterocycles.